The average molecular weight is 403 g/mol. The fourth-order valence-electron chi connectivity index (χ4n) is 3.93. The largest absolute Gasteiger partial charge is 0.507 e. The Balaban J connectivity index is 1.81. The van der Waals surface area contributed by atoms with E-state index in [2.05, 4.69) is 26.0 Å². The van der Waals surface area contributed by atoms with E-state index in [4.69, 9.17) is 0 Å². The van der Waals surface area contributed by atoms with Gasteiger partial charge in [0.2, 0.25) is 0 Å². The van der Waals surface area contributed by atoms with Gasteiger partial charge in [-0.2, -0.15) is 0 Å². The summed E-state index contributed by atoms with van der Waals surface area (Å²) in [4.78, 5) is 0. The molecule has 0 aliphatic carbocycles. The summed E-state index contributed by atoms with van der Waals surface area (Å²) in [7, 11) is 0. The fourth-order valence-corrected chi connectivity index (χ4v) is 3.93. The van der Waals surface area contributed by atoms with Crippen molar-refractivity contribution in [3.63, 3.8) is 0 Å². The molecule has 0 heterocycles. The first-order valence-electron chi connectivity index (χ1n) is 11.4. The SMILES string of the molecule is CCCCCc1ccc(O)c(-c2ccc(-c3cc(CCCCC)ccc3O)cc2)c1. The van der Waals surface area contributed by atoms with Gasteiger partial charge in [-0.15, -0.1) is 0 Å². The quantitative estimate of drug-likeness (QED) is 0.338. The van der Waals surface area contributed by atoms with Crippen LogP contribution in [0.4, 0.5) is 0 Å². The number of hydrogen-bond donors (Lipinski definition) is 2. The smallest absolute Gasteiger partial charge is 0.123 e. The maximum Gasteiger partial charge on any atom is 0.123 e. The molecule has 0 radical (unpaired) electrons. The molecule has 2 N–H and O–H groups in total. The number of aryl methyl sites for hydroxylation is 2. The van der Waals surface area contributed by atoms with Gasteiger partial charge in [-0.25, -0.2) is 0 Å². The molecular formula is C28H34O2. The number of unbranched alkanes of at least 4 members (excludes halogenated alkanes) is 4. The van der Waals surface area contributed by atoms with Crippen LogP contribution in [0.3, 0.4) is 0 Å². The number of rotatable bonds is 10. The van der Waals surface area contributed by atoms with Gasteiger partial charge in [-0.3, -0.25) is 0 Å². The topological polar surface area (TPSA) is 40.5 Å². The van der Waals surface area contributed by atoms with Gasteiger partial charge in [0.1, 0.15) is 11.5 Å². The van der Waals surface area contributed by atoms with Crippen molar-refractivity contribution in [2.45, 2.75) is 65.2 Å². The van der Waals surface area contributed by atoms with Crippen LogP contribution in [0.1, 0.15) is 63.5 Å². The Labute approximate surface area is 181 Å². The Morgan fingerprint density at radius 1 is 0.533 bits per heavy atom. The second kappa shape index (κ2) is 10.9. The van der Waals surface area contributed by atoms with E-state index >= 15 is 0 Å². The molecule has 3 rings (SSSR count). The molecule has 0 bridgehead atoms. The molecule has 0 atom stereocenters. The molecule has 0 saturated carbocycles. The zero-order chi connectivity index (χ0) is 21.3. The minimum Gasteiger partial charge on any atom is -0.507 e. The molecule has 2 heteroatoms. The molecule has 0 fully saturated rings. The van der Waals surface area contributed by atoms with E-state index in [-0.39, 0.29) is 0 Å². The van der Waals surface area contributed by atoms with Gasteiger partial charge in [-0.1, -0.05) is 75.9 Å². The number of aromatic hydroxyl groups is 2. The van der Waals surface area contributed by atoms with E-state index < -0.39 is 0 Å². The van der Waals surface area contributed by atoms with Crippen molar-refractivity contribution in [1.29, 1.82) is 0 Å². The number of phenols is 2. The van der Waals surface area contributed by atoms with Crippen LogP contribution in [0.15, 0.2) is 60.7 Å². The highest BCUT2D eigenvalue weighted by molar-refractivity contribution is 5.76. The number of benzene rings is 3. The second-order valence-electron chi connectivity index (χ2n) is 8.19. The van der Waals surface area contributed by atoms with Crippen molar-refractivity contribution in [1.82, 2.24) is 0 Å². The van der Waals surface area contributed by atoms with Crippen LogP contribution in [0.25, 0.3) is 22.3 Å². The predicted octanol–water partition coefficient (Wildman–Crippen LogP) is 7.90. The van der Waals surface area contributed by atoms with Gasteiger partial charge in [0.05, 0.1) is 0 Å². The normalized spacial score (nSPS) is 11.0. The molecule has 2 nitrogen and oxygen atoms in total. The first kappa shape index (κ1) is 22.0. The molecule has 158 valence electrons. The van der Waals surface area contributed by atoms with Crippen molar-refractivity contribution in [2.24, 2.45) is 0 Å². The van der Waals surface area contributed by atoms with Crippen LogP contribution in [0.2, 0.25) is 0 Å². The molecule has 0 aliphatic heterocycles. The Hall–Kier alpha value is -2.74. The molecule has 0 aliphatic rings. The number of hydrogen-bond acceptors (Lipinski definition) is 2. The van der Waals surface area contributed by atoms with E-state index in [9.17, 15) is 10.2 Å². The Bertz CT molecular complexity index is 863. The monoisotopic (exact) mass is 402 g/mol. The molecule has 0 spiro atoms. The third kappa shape index (κ3) is 5.66. The maximum absolute atomic E-state index is 10.4. The van der Waals surface area contributed by atoms with Crippen LogP contribution in [0.5, 0.6) is 11.5 Å². The summed E-state index contributed by atoms with van der Waals surface area (Å²) in [6, 6.07) is 20.0. The van der Waals surface area contributed by atoms with Crippen LogP contribution in [-0.4, -0.2) is 10.2 Å². The van der Waals surface area contributed by atoms with Crippen LogP contribution in [-0.2, 0) is 12.8 Å². The van der Waals surface area contributed by atoms with E-state index in [0.717, 1.165) is 35.1 Å². The first-order valence-corrected chi connectivity index (χ1v) is 11.4. The lowest BCUT2D eigenvalue weighted by Crippen LogP contribution is -1.89. The average Bonchev–Trinajstić information content (AvgIpc) is 2.76. The molecular weight excluding hydrogens is 368 g/mol. The first-order chi connectivity index (χ1) is 14.6. The zero-order valence-electron chi connectivity index (χ0n) is 18.3. The highest BCUT2D eigenvalue weighted by Gasteiger charge is 2.09. The molecule has 30 heavy (non-hydrogen) atoms. The van der Waals surface area contributed by atoms with Crippen LogP contribution in [0, 0.1) is 0 Å². The van der Waals surface area contributed by atoms with E-state index in [0.29, 0.717) is 11.5 Å². The summed E-state index contributed by atoms with van der Waals surface area (Å²) in [5, 5.41) is 20.8. The number of phenolic OH excluding ortho intramolecular Hbond substituents is 2. The summed E-state index contributed by atoms with van der Waals surface area (Å²) in [6.07, 6.45) is 9.30. The van der Waals surface area contributed by atoms with E-state index in [1.807, 2.05) is 36.4 Å². The summed E-state index contributed by atoms with van der Waals surface area (Å²) in [5.41, 5.74) is 6.25. The van der Waals surface area contributed by atoms with Crippen molar-refractivity contribution < 1.29 is 10.2 Å². The standard InChI is InChI=1S/C28H34O2/c1-3-5-7-9-21-11-17-27(29)25(19-21)23-13-15-24(16-14-23)26-20-22(10-8-6-4-2)12-18-28(26)30/h11-20,29-30H,3-10H2,1-2H3. The lowest BCUT2D eigenvalue weighted by atomic mass is 9.95. The second-order valence-corrected chi connectivity index (χ2v) is 8.19. The lowest BCUT2D eigenvalue weighted by Gasteiger charge is -2.11. The molecule has 3 aromatic carbocycles. The molecule has 0 saturated heterocycles. The van der Waals surface area contributed by atoms with E-state index in [1.54, 1.807) is 12.1 Å². The predicted molar refractivity (Wildman–Crippen MR) is 127 cm³/mol. The molecule has 0 aromatic heterocycles. The minimum absolute atomic E-state index is 0.308. The molecule has 3 aromatic rings. The molecule has 0 amide bonds. The maximum atomic E-state index is 10.4. The summed E-state index contributed by atoms with van der Waals surface area (Å²) >= 11 is 0. The van der Waals surface area contributed by atoms with Gasteiger partial charge in [0, 0.05) is 11.1 Å². The lowest BCUT2D eigenvalue weighted by molar-refractivity contribution is 0.476. The highest BCUT2D eigenvalue weighted by Crippen LogP contribution is 2.35. The van der Waals surface area contributed by atoms with Crippen molar-refractivity contribution >= 4 is 0 Å². The molecule has 0 unspecified atom stereocenters. The van der Waals surface area contributed by atoms with Gasteiger partial charge < -0.3 is 10.2 Å². The Morgan fingerprint density at radius 2 is 0.933 bits per heavy atom. The third-order valence-corrected chi connectivity index (χ3v) is 5.77. The van der Waals surface area contributed by atoms with Crippen molar-refractivity contribution in [3.8, 4) is 33.8 Å². The van der Waals surface area contributed by atoms with Crippen LogP contribution < -0.4 is 0 Å². The van der Waals surface area contributed by atoms with E-state index in [1.165, 1.54) is 49.7 Å². The Morgan fingerprint density at radius 3 is 1.30 bits per heavy atom. The Kier molecular flexibility index (Phi) is 7.96. The summed E-state index contributed by atoms with van der Waals surface area (Å²) < 4.78 is 0. The third-order valence-electron chi connectivity index (χ3n) is 5.77. The van der Waals surface area contributed by atoms with Crippen molar-refractivity contribution in [3.05, 3.63) is 71.8 Å². The summed E-state index contributed by atoms with van der Waals surface area (Å²) in [5.74, 6) is 0.616. The minimum atomic E-state index is 0.308. The van der Waals surface area contributed by atoms with Gasteiger partial charge >= 0.3 is 0 Å². The summed E-state index contributed by atoms with van der Waals surface area (Å²) in [6.45, 7) is 4.42. The van der Waals surface area contributed by atoms with Gasteiger partial charge in [0.25, 0.3) is 0 Å². The van der Waals surface area contributed by atoms with Gasteiger partial charge in [-0.05, 0) is 72.2 Å². The van der Waals surface area contributed by atoms with Crippen molar-refractivity contribution in [2.75, 3.05) is 0 Å². The van der Waals surface area contributed by atoms with Crippen LogP contribution >= 0.6 is 0 Å². The van der Waals surface area contributed by atoms with Gasteiger partial charge in [0.15, 0.2) is 0 Å². The zero-order valence-corrected chi connectivity index (χ0v) is 18.3. The fraction of sp³-hybridized carbons (Fsp3) is 0.357. The highest BCUT2D eigenvalue weighted by atomic mass is 16.3.